The number of anilines is 1. The fraction of sp³-hybridized carbons (Fsp3) is 0.192. The lowest BCUT2D eigenvalue weighted by Crippen LogP contribution is -2.24. The molecule has 0 aliphatic rings. The summed E-state index contributed by atoms with van der Waals surface area (Å²) in [6.45, 7) is 1.92. The number of amides is 2. The molecule has 0 radical (unpaired) electrons. The van der Waals surface area contributed by atoms with E-state index in [1.807, 2.05) is 24.3 Å². The normalized spacial score (nSPS) is 10.3. The van der Waals surface area contributed by atoms with Crippen molar-refractivity contribution in [3.05, 3.63) is 88.9 Å². The van der Waals surface area contributed by atoms with Crippen LogP contribution in [0.5, 0.6) is 11.5 Å². The highest BCUT2D eigenvalue weighted by molar-refractivity contribution is 6.32. The van der Waals surface area contributed by atoms with E-state index in [-0.39, 0.29) is 18.4 Å². The minimum Gasteiger partial charge on any atom is -0.492 e. The molecule has 0 aliphatic heterocycles. The number of rotatable bonds is 10. The monoisotopic (exact) mass is 480 g/mol. The fourth-order valence-corrected chi connectivity index (χ4v) is 3.31. The number of ether oxygens (including phenoxy) is 2. The van der Waals surface area contributed by atoms with Gasteiger partial charge in [0.2, 0.25) is 5.91 Å². The molecule has 3 rings (SSSR count). The maximum Gasteiger partial charge on any atom is 0.308 e. The van der Waals surface area contributed by atoms with Gasteiger partial charge in [0.15, 0.2) is 0 Å². The van der Waals surface area contributed by atoms with Gasteiger partial charge in [0.05, 0.1) is 11.6 Å². The van der Waals surface area contributed by atoms with E-state index in [4.69, 9.17) is 21.1 Å². The lowest BCUT2D eigenvalue weighted by atomic mass is 10.1. The minimum atomic E-state index is -0.464. The van der Waals surface area contributed by atoms with E-state index in [0.717, 1.165) is 5.56 Å². The summed E-state index contributed by atoms with van der Waals surface area (Å²) in [5.74, 6) is -0.0663. The van der Waals surface area contributed by atoms with Gasteiger partial charge in [0, 0.05) is 31.1 Å². The number of carbonyl (C=O) groups is 3. The van der Waals surface area contributed by atoms with E-state index in [9.17, 15) is 14.4 Å². The molecule has 0 bridgehead atoms. The number of para-hydroxylation sites is 2. The Morgan fingerprint density at radius 2 is 1.71 bits per heavy atom. The maximum absolute atomic E-state index is 12.7. The van der Waals surface area contributed by atoms with Gasteiger partial charge in [-0.05, 0) is 48.4 Å². The van der Waals surface area contributed by atoms with E-state index in [1.54, 1.807) is 42.5 Å². The average Bonchev–Trinajstić information content (AvgIpc) is 2.82. The highest BCUT2D eigenvalue weighted by atomic mass is 35.5. The van der Waals surface area contributed by atoms with Gasteiger partial charge in [-0.25, -0.2) is 0 Å². The van der Waals surface area contributed by atoms with Crippen LogP contribution < -0.4 is 20.1 Å². The van der Waals surface area contributed by atoms with Crippen LogP contribution in [0.1, 0.15) is 35.7 Å². The number of hydrogen-bond acceptors (Lipinski definition) is 5. The zero-order valence-corrected chi connectivity index (χ0v) is 19.4. The van der Waals surface area contributed by atoms with Gasteiger partial charge < -0.3 is 20.1 Å². The molecule has 0 aliphatic carbocycles. The van der Waals surface area contributed by atoms with E-state index in [1.165, 1.54) is 13.0 Å². The second-order valence-corrected chi connectivity index (χ2v) is 7.80. The van der Waals surface area contributed by atoms with Crippen LogP contribution in [-0.4, -0.2) is 24.4 Å². The van der Waals surface area contributed by atoms with Crippen molar-refractivity contribution in [2.24, 2.45) is 0 Å². The summed E-state index contributed by atoms with van der Waals surface area (Å²) in [7, 11) is 0. The summed E-state index contributed by atoms with van der Waals surface area (Å²) in [6, 6.07) is 20.7. The molecule has 7 nitrogen and oxygen atoms in total. The Morgan fingerprint density at radius 1 is 0.941 bits per heavy atom. The molecule has 0 heterocycles. The molecule has 34 heavy (non-hydrogen) atoms. The number of nitrogens with one attached hydrogen (secondary N) is 2. The molecule has 0 unspecified atom stereocenters. The summed E-state index contributed by atoms with van der Waals surface area (Å²) in [5, 5.41) is 6.24. The lowest BCUT2D eigenvalue weighted by molar-refractivity contribution is -0.131. The molecule has 0 fully saturated rings. The van der Waals surface area contributed by atoms with Crippen molar-refractivity contribution in [1.29, 1.82) is 0 Å². The second-order valence-electron chi connectivity index (χ2n) is 7.39. The average molecular weight is 481 g/mol. The first kappa shape index (κ1) is 24.8. The van der Waals surface area contributed by atoms with Gasteiger partial charge >= 0.3 is 5.97 Å². The lowest BCUT2D eigenvalue weighted by Gasteiger charge is -2.13. The summed E-state index contributed by atoms with van der Waals surface area (Å²) >= 11 is 6.05. The van der Waals surface area contributed by atoms with Crippen LogP contribution in [0.4, 0.5) is 5.69 Å². The Bertz CT molecular complexity index is 1170. The van der Waals surface area contributed by atoms with Crippen molar-refractivity contribution in [2.45, 2.75) is 26.3 Å². The van der Waals surface area contributed by atoms with E-state index >= 15 is 0 Å². The summed E-state index contributed by atoms with van der Waals surface area (Å²) < 4.78 is 10.6. The van der Waals surface area contributed by atoms with Gasteiger partial charge in [-0.15, -0.1) is 0 Å². The van der Waals surface area contributed by atoms with Crippen molar-refractivity contribution in [1.82, 2.24) is 5.32 Å². The van der Waals surface area contributed by atoms with Gasteiger partial charge in [-0.2, -0.15) is 0 Å². The quantitative estimate of drug-likeness (QED) is 0.242. The Labute approximate surface area is 203 Å². The number of esters is 1. The van der Waals surface area contributed by atoms with Crippen molar-refractivity contribution >= 4 is 35.1 Å². The van der Waals surface area contributed by atoms with Gasteiger partial charge in [0.1, 0.15) is 11.5 Å². The molecule has 0 saturated heterocycles. The number of halogens is 1. The molecule has 0 aromatic heterocycles. The molecule has 0 saturated carbocycles. The molecule has 0 spiro atoms. The first-order chi connectivity index (χ1) is 16.4. The van der Waals surface area contributed by atoms with Crippen LogP contribution in [0.15, 0.2) is 72.8 Å². The second kappa shape index (κ2) is 12.4. The van der Waals surface area contributed by atoms with Crippen LogP contribution in [-0.2, 0) is 16.1 Å². The third-order valence-corrected chi connectivity index (χ3v) is 5.05. The molecule has 8 heteroatoms. The molecular weight excluding hydrogens is 456 g/mol. The Kier molecular flexibility index (Phi) is 9.05. The molecule has 3 aromatic rings. The largest absolute Gasteiger partial charge is 0.492 e. The van der Waals surface area contributed by atoms with Crippen LogP contribution in [0.2, 0.25) is 5.02 Å². The van der Waals surface area contributed by atoms with Crippen LogP contribution in [0.3, 0.4) is 0 Å². The van der Waals surface area contributed by atoms with Gasteiger partial charge in [-0.3, -0.25) is 14.4 Å². The number of carbonyl (C=O) groups excluding carboxylic acids is 3. The van der Waals surface area contributed by atoms with E-state index in [2.05, 4.69) is 10.6 Å². The van der Waals surface area contributed by atoms with Crippen LogP contribution >= 0.6 is 11.6 Å². The zero-order valence-electron chi connectivity index (χ0n) is 18.7. The standard InChI is InChI=1S/C26H25ClN2O5/c1-18(30)34-21-10-6-9-19(16-21)26(32)29-23-12-4-2-8-20(23)17-28-25(31)14-7-15-33-24-13-5-3-11-22(24)27/h2-6,8-13,16H,7,14-15,17H2,1H3,(H,28,31)(H,29,32). The van der Waals surface area contributed by atoms with Crippen LogP contribution in [0, 0.1) is 0 Å². The summed E-state index contributed by atoms with van der Waals surface area (Å²) in [4.78, 5) is 36.1. The Hall–Kier alpha value is -3.84. The first-order valence-electron chi connectivity index (χ1n) is 10.7. The maximum atomic E-state index is 12.7. The zero-order chi connectivity index (χ0) is 24.3. The molecular formula is C26H25ClN2O5. The first-order valence-corrected chi connectivity index (χ1v) is 11.1. The smallest absolute Gasteiger partial charge is 0.308 e. The summed E-state index contributed by atoms with van der Waals surface area (Å²) in [5.41, 5.74) is 1.68. The summed E-state index contributed by atoms with van der Waals surface area (Å²) in [6.07, 6.45) is 0.829. The van der Waals surface area contributed by atoms with Crippen molar-refractivity contribution < 1.29 is 23.9 Å². The predicted octanol–water partition coefficient (Wildman–Crippen LogP) is 4.99. The Balaban J connectivity index is 1.50. The molecule has 0 atom stereocenters. The Morgan fingerprint density at radius 3 is 2.50 bits per heavy atom. The van der Waals surface area contributed by atoms with Crippen molar-refractivity contribution in [3.8, 4) is 11.5 Å². The third-order valence-electron chi connectivity index (χ3n) is 4.74. The van der Waals surface area contributed by atoms with Gasteiger partial charge in [0.25, 0.3) is 5.91 Å². The van der Waals surface area contributed by atoms with Crippen molar-refractivity contribution in [3.63, 3.8) is 0 Å². The fourth-order valence-electron chi connectivity index (χ4n) is 3.12. The molecule has 176 valence electrons. The predicted molar refractivity (Wildman–Crippen MR) is 130 cm³/mol. The third kappa shape index (κ3) is 7.64. The SMILES string of the molecule is CC(=O)Oc1cccc(C(=O)Nc2ccccc2CNC(=O)CCCOc2ccccc2Cl)c1. The van der Waals surface area contributed by atoms with E-state index in [0.29, 0.717) is 47.2 Å². The highest BCUT2D eigenvalue weighted by Gasteiger charge is 2.11. The molecule has 2 N–H and O–H groups in total. The molecule has 3 aromatic carbocycles. The van der Waals surface area contributed by atoms with Gasteiger partial charge in [-0.1, -0.05) is 48.0 Å². The molecule has 2 amide bonds. The van der Waals surface area contributed by atoms with Crippen molar-refractivity contribution in [2.75, 3.05) is 11.9 Å². The minimum absolute atomic E-state index is 0.127. The highest BCUT2D eigenvalue weighted by Crippen LogP contribution is 2.23. The topological polar surface area (TPSA) is 93.7 Å². The van der Waals surface area contributed by atoms with Crippen LogP contribution in [0.25, 0.3) is 0 Å². The number of hydrogen-bond donors (Lipinski definition) is 2. The number of benzene rings is 3. The van der Waals surface area contributed by atoms with E-state index < -0.39 is 5.97 Å².